The first-order valence-electron chi connectivity index (χ1n) is 9.14. The number of fused-ring (bicyclic) bond motifs is 1. The van der Waals surface area contributed by atoms with E-state index >= 15 is 0 Å². The van der Waals surface area contributed by atoms with E-state index in [1.807, 2.05) is 6.07 Å². The van der Waals surface area contributed by atoms with Crippen LogP contribution < -0.4 is 5.59 Å². The Kier molecular flexibility index (Phi) is 6.16. The predicted molar refractivity (Wildman–Crippen MR) is 112 cm³/mol. The Labute approximate surface area is 165 Å². The van der Waals surface area contributed by atoms with Crippen molar-refractivity contribution in [1.82, 2.24) is 9.47 Å². The molecule has 2 N–H and O–H groups in total. The van der Waals surface area contributed by atoms with Gasteiger partial charge in [0.15, 0.2) is 0 Å². The maximum absolute atomic E-state index is 12.6. The lowest BCUT2D eigenvalue weighted by Crippen LogP contribution is -2.41. The maximum Gasteiger partial charge on any atom is 0.506 e. The summed E-state index contributed by atoms with van der Waals surface area (Å²) >= 11 is 1.55. The predicted octanol–water partition coefficient (Wildman–Crippen LogP) is 3.03. The fraction of sp³-hybridized carbons (Fsp3) is 0.632. The van der Waals surface area contributed by atoms with Crippen molar-refractivity contribution in [3.05, 3.63) is 17.0 Å². The average Bonchev–Trinajstić information content (AvgIpc) is 2.99. The highest BCUT2D eigenvalue weighted by molar-refractivity contribution is 7.19. The molecule has 0 bridgehead atoms. The van der Waals surface area contributed by atoms with Gasteiger partial charge >= 0.3 is 13.2 Å². The molecule has 0 amide bonds. The molecule has 6 nitrogen and oxygen atoms in total. The van der Waals surface area contributed by atoms with Crippen molar-refractivity contribution in [3.8, 4) is 0 Å². The summed E-state index contributed by atoms with van der Waals surface area (Å²) in [6.07, 6.45) is -0.610. The number of thiophene rings is 1. The second-order valence-corrected chi connectivity index (χ2v) is 10.3. The van der Waals surface area contributed by atoms with Crippen LogP contribution >= 0.6 is 11.3 Å². The zero-order valence-electron chi connectivity index (χ0n) is 17.5. The van der Waals surface area contributed by atoms with E-state index < -0.39 is 18.8 Å². The van der Waals surface area contributed by atoms with Crippen LogP contribution in [0.5, 0.6) is 0 Å². The monoisotopic (exact) mass is 394 g/mol. The van der Waals surface area contributed by atoms with Crippen molar-refractivity contribution in [1.29, 1.82) is 0 Å². The molecule has 0 unspecified atom stereocenters. The van der Waals surface area contributed by atoms with E-state index in [-0.39, 0.29) is 11.0 Å². The molecule has 0 saturated carbocycles. The van der Waals surface area contributed by atoms with E-state index in [2.05, 4.69) is 39.6 Å². The van der Waals surface area contributed by atoms with E-state index in [9.17, 15) is 14.8 Å². The number of carbonyl (C=O) groups excluding carboxylic acids is 1. The minimum atomic E-state index is -1.75. The van der Waals surface area contributed by atoms with Crippen LogP contribution in [0.2, 0.25) is 0 Å². The highest BCUT2D eigenvalue weighted by atomic mass is 32.1. The van der Waals surface area contributed by atoms with Crippen LogP contribution in [0.4, 0.5) is 4.79 Å². The SMILES string of the molecule is C[C@H](N(C)Cc1cc2c(cc(B(O)O)n2C(=O)OC(C)(C)C)s1)C(C)(C)C. The molecule has 0 aromatic carbocycles. The molecule has 0 saturated heterocycles. The first-order chi connectivity index (χ1) is 12.2. The molecule has 1 atom stereocenters. The van der Waals surface area contributed by atoms with Crippen LogP contribution in [0, 0.1) is 5.41 Å². The largest absolute Gasteiger partial charge is 0.506 e. The number of hydrogen-bond donors (Lipinski definition) is 2. The van der Waals surface area contributed by atoms with Gasteiger partial charge in [-0.1, -0.05) is 20.8 Å². The minimum absolute atomic E-state index is 0.119. The summed E-state index contributed by atoms with van der Waals surface area (Å²) < 4.78 is 7.54. The van der Waals surface area contributed by atoms with Gasteiger partial charge in [-0.05, 0) is 52.3 Å². The molecule has 0 aliphatic rings. The van der Waals surface area contributed by atoms with Gasteiger partial charge in [0.1, 0.15) is 5.60 Å². The second-order valence-electron chi connectivity index (χ2n) is 9.18. The van der Waals surface area contributed by atoms with Gasteiger partial charge in [-0.15, -0.1) is 11.3 Å². The van der Waals surface area contributed by atoms with Crippen LogP contribution in [0.15, 0.2) is 12.1 Å². The first kappa shape index (κ1) is 21.9. The van der Waals surface area contributed by atoms with Gasteiger partial charge in [-0.25, -0.2) is 4.79 Å². The normalized spacial score (nSPS) is 14.0. The number of carbonyl (C=O) groups is 1. The Morgan fingerprint density at radius 2 is 1.85 bits per heavy atom. The number of aromatic nitrogens is 1. The highest BCUT2D eigenvalue weighted by Gasteiger charge is 2.29. The van der Waals surface area contributed by atoms with Crippen molar-refractivity contribution >= 4 is 40.4 Å². The molecule has 0 spiro atoms. The number of nitrogens with zero attached hydrogens (tertiary/aromatic N) is 2. The minimum Gasteiger partial charge on any atom is -0.443 e. The molecule has 0 fully saturated rings. The van der Waals surface area contributed by atoms with Crippen LogP contribution in [-0.2, 0) is 11.3 Å². The summed E-state index contributed by atoms with van der Waals surface area (Å²) in [5, 5.41) is 19.3. The summed E-state index contributed by atoms with van der Waals surface area (Å²) in [7, 11) is 0.342. The van der Waals surface area contributed by atoms with Crippen LogP contribution in [0.3, 0.4) is 0 Å². The Balaban J connectivity index is 2.38. The summed E-state index contributed by atoms with van der Waals surface area (Å²) in [6, 6.07) is 3.95. The van der Waals surface area contributed by atoms with Gasteiger partial charge in [0, 0.05) is 17.5 Å². The Hall–Kier alpha value is -1.35. The Bertz CT molecular complexity index is 814. The van der Waals surface area contributed by atoms with Crippen LogP contribution in [0.25, 0.3) is 10.2 Å². The lowest BCUT2D eigenvalue weighted by Gasteiger charge is -2.35. The fourth-order valence-corrected chi connectivity index (χ4v) is 4.04. The third kappa shape index (κ3) is 5.13. The van der Waals surface area contributed by atoms with E-state index in [0.717, 1.165) is 16.1 Å². The van der Waals surface area contributed by atoms with Gasteiger partial charge in [-0.2, -0.15) is 0 Å². The first-order valence-corrected chi connectivity index (χ1v) is 9.96. The molecular weight excluding hydrogens is 363 g/mol. The van der Waals surface area contributed by atoms with Gasteiger partial charge < -0.3 is 14.8 Å². The summed E-state index contributed by atoms with van der Waals surface area (Å²) in [6.45, 7) is 14.9. The van der Waals surface area contributed by atoms with Crippen molar-refractivity contribution in [2.24, 2.45) is 5.41 Å². The van der Waals surface area contributed by atoms with Crippen molar-refractivity contribution < 1.29 is 19.6 Å². The number of hydrogen-bond acceptors (Lipinski definition) is 6. The van der Waals surface area contributed by atoms with Gasteiger partial charge in [-0.3, -0.25) is 9.47 Å². The molecular formula is C19H31BN2O4S. The Morgan fingerprint density at radius 1 is 1.26 bits per heavy atom. The zero-order chi connectivity index (χ0) is 20.7. The number of ether oxygens (including phenoxy) is 1. The van der Waals surface area contributed by atoms with Crippen LogP contribution in [0.1, 0.15) is 53.3 Å². The lowest BCUT2D eigenvalue weighted by molar-refractivity contribution is 0.0548. The van der Waals surface area contributed by atoms with Crippen molar-refractivity contribution in [2.45, 2.75) is 66.7 Å². The zero-order valence-corrected chi connectivity index (χ0v) is 18.3. The number of rotatable bonds is 4. The summed E-state index contributed by atoms with van der Waals surface area (Å²) in [5.74, 6) is 0. The van der Waals surface area contributed by atoms with E-state index in [1.54, 1.807) is 38.2 Å². The average molecular weight is 394 g/mol. The molecule has 0 radical (unpaired) electrons. The standard InChI is InChI=1S/C19H31BN2O4S/c1-12(18(2,3)4)21(8)11-13-9-14-15(27-13)10-16(20(24)25)22(14)17(23)26-19(5,6)7/h9-10,12,24-25H,11H2,1-8H3/t12-/m0/s1. The summed E-state index contributed by atoms with van der Waals surface area (Å²) in [5.41, 5.74) is 0.246. The molecule has 0 aliphatic carbocycles. The maximum atomic E-state index is 12.6. The van der Waals surface area contributed by atoms with Gasteiger partial charge in [0.2, 0.25) is 0 Å². The third-order valence-corrected chi connectivity index (χ3v) is 5.79. The van der Waals surface area contributed by atoms with Crippen molar-refractivity contribution in [3.63, 3.8) is 0 Å². The summed E-state index contributed by atoms with van der Waals surface area (Å²) in [4.78, 5) is 16.0. The van der Waals surface area contributed by atoms with Gasteiger partial charge in [0.25, 0.3) is 0 Å². The van der Waals surface area contributed by atoms with E-state index in [0.29, 0.717) is 11.6 Å². The third-order valence-electron chi connectivity index (χ3n) is 4.73. The molecule has 2 heterocycles. The van der Waals surface area contributed by atoms with Gasteiger partial charge in [0.05, 0.1) is 15.8 Å². The fourth-order valence-electron chi connectivity index (χ4n) is 2.89. The molecule has 27 heavy (non-hydrogen) atoms. The molecule has 2 aromatic rings. The topological polar surface area (TPSA) is 74.9 Å². The lowest BCUT2D eigenvalue weighted by atomic mass is 9.86. The van der Waals surface area contributed by atoms with Crippen molar-refractivity contribution in [2.75, 3.05) is 7.05 Å². The molecule has 0 aliphatic heterocycles. The quantitative estimate of drug-likeness (QED) is 0.780. The Morgan fingerprint density at radius 3 is 2.33 bits per heavy atom. The van der Waals surface area contributed by atoms with Crippen LogP contribution in [-0.4, -0.2) is 51.4 Å². The molecule has 8 heteroatoms. The molecule has 2 rings (SSSR count). The molecule has 2 aromatic heterocycles. The smallest absolute Gasteiger partial charge is 0.443 e. The van der Waals surface area contributed by atoms with E-state index in [1.165, 1.54) is 4.57 Å². The molecule has 150 valence electrons. The second kappa shape index (κ2) is 7.58. The highest BCUT2D eigenvalue weighted by Crippen LogP contribution is 2.30. The van der Waals surface area contributed by atoms with E-state index in [4.69, 9.17) is 4.74 Å².